The summed E-state index contributed by atoms with van der Waals surface area (Å²) in [6, 6.07) is 30.9. The minimum absolute atomic E-state index is 0.620. The molecule has 1 aromatic heterocycles. The maximum Gasteiger partial charge on any atom is 0.229 e. The molecule has 1 aliphatic heterocycles. The molecule has 2 heterocycles. The van der Waals surface area contributed by atoms with E-state index in [0.29, 0.717) is 17.6 Å². The second-order valence-corrected chi connectivity index (χ2v) is 11.2. The van der Waals surface area contributed by atoms with Crippen molar-refractivity contribution in [2.24, 2.45) is 10.3 Å². The van der Waals surface area contributed by atoms with Gasteiger partial charge < -0.3 is 14.4 Å². The Bertz CT molecular complexity index is 1500. The highest BCUT2D eigenvalue weighted by Gasteiger charge is 2.18. The fraction of sp³-hybridized carbons (Fsp3) is 0.156. The SMILES string of the molecule is NSc1ccc(Oc2ccc(-c3nc(-c4ccc(Oc5ccc(SN)cc5)cc4)nc(N4CCCCC4)n3)cc2)cc1. The van der Waals surface area contributed by atoms with Gasteiger partial charge in [-0.25, -0.2) is 4.98 Å². The van der Waals surface area contributed by atoms with Crippen LogP contribution in [-0.4, -0.2) is 28.0 Å². The highest BCUT2D eigenvalue weighted by atomic mass is 32.2. The van der Waals surface area contributed by atoms with Gasteiger partial charge in [0, 0.05) is 34.0 Å². The lowest BCUT2D eigenvalue weighted by molar-refractivity contribution is 0.482. The summed E-state index contributed by atoms with van der Waals surface area (Å²) < 4.78 is 12.0. The maximum atomic E-state index is 6.02. The molecule has 6 rings (SSSR count). The molecule has 1 fully saturated rings. The quantitative estimate of drug-likeness (QED) is 0.165. The summed E-state index contributed by atoms with van der Waals surface area (Å²) in [5, 5.41) is 11.2. The average molecular weight is 595 g/mol. The van der Waals surface area contributed by atoms with Gasteiger partial charge in [-0.2, -0.15) is 9.97 Å². The van der Waals surface area contributed by atoms with E-state index < -0.39 is 0 Å². The van der Waals surface area contributed by atoms with Crippen molar-refractivity contribution >= 4 is 29.8 Å². The Balaban J connectivity index is 1.25. The number of nitrogens with two attached hydrogens (primary N) is 2. The summed E-state index contributed by atoms with van der Waals surface area (Å²) in [6.45, 7) is 1.87. The predicted molar refractivity (Wildman–Crippen MR) is 170 cm³/mol. The van der Waals surface area contributed by atoms with Crippen LogP contribution < -0.4 is 24.7 Å². The first kappa shape index (κ1) is 28.0. The molecule has 0 aliphatic carbocycles. The Labute approximate surface area is 253 Å². The molecular formula is C32H30N6O2S2. The molecule has 1 saturated heterocycles. The predicted octanol–water partition coefficient (Wildman–Crippen LogP) is 7.71. The van der Waals surface area contributed by atoms with Gasteiger partial charge in [0.25, 0.3) is 0 Å². The minimum Gasteiger partial charge on any atom is -0.457 e. The lowest BCUT2D eigenvalue weighted by Crippen LogP contribution is -2.31. The van der Waals surface area contributed by atoms with Crippen molar-refractivity contribution in [2.75, 3.05) is 18.0 Å². The van der Waals surface area contributed by atoms with Crippen LogP contribution in [0.25, 0.3) is 22.8 Å². The standard InChI is InChI=1S/C32H30N6O2S2/c33-41-28-16-12-26(13-17-28)39-24-8-4-22(5-9-24)30-35-31(37-32(36-30)38-20-2-1-3-21-38)23-6-10-25(11-7-23)40-27-14-18-29(42-34)19-15-27/h4-19H,1-3,20-21,33-34H2. The fourth-order valence-electron chi connectivity index (χ4n) is 4.65. The largest absolute Gasteiger partial charge is 0.457 e. The van der Waals surface area contributed by atoms with Crippen molar-refractivity contribution < 1.29 is 9.47 Å². The van der Waals surface area contributed by atoms with E-state index in [2.05, 4.69) is 4.90 Å². The van der Waals surface area contributed by atoms with Crippen LogP contribution in [0.3, 0.4) is 0 Å². The Morgan fingerprint density at radius 1 is 0.500 bits per heavy atom. The van der Waals surface area contributed by atoms with E-state index >= 15 is 0 Å². The van der Waals surface area contributed by atoms with Crippen LogP contribution in [-0.2, 0) is 0 Å². The van der Waals surface area contributed by atoms with Gasteiger partial charge in [-0.15, -0.1) is 0 Å². The molecule has 4 aromatic carbocycles. The summed E-state index contributed by atoms with van der Waals surface area (Å²) >= 11 is 2.42. The zero-order valence-electron chi connectivity index (χ0n) is 22.8. The molecule has 0 unspecified atom stereocenters. The first-order chi connectivity index (χ1) is 20.7. The van der Waals surface area contributed by atoms with Crippen molar-refractivity contribution in [3.63, 3.8) is 0 Å². The second kappa shape index (κ2) is 13.3. The number of hydrogen-bond acceptors (Lipinski definition) is 10. The zero-order chi connectivity index (χ0) is 28.7. The molecule has 212 valence electrons. The third-order valence-electron chi connectivity index (χ3n) is 6.88. The molecule has 0 radical (unpaired) electrons. The zero-order valence-corrected chi connectivity index (χ0v) is 24.5. The maximum absolute atomic E-state index is 6.02. The van der Waals surface area contributed by atoms with Crippen molar-refractivity contribution in [3.8, 4) is 45.8 Å². The molecular weight excluding hydrogens is 565 g/mol. The number of anilines is 1. The van der Waals surface area contributed by atoms with Crippen LogP contribution in [0.2, 0.25) is 0 Å². The van der Waals surface area contributed by atoms with E-state index in [1.165, 1.54) is 30.3 Å². The summed E-state index contributed by atoms with van der Waals surface area (Å²) in [5.41, 5.74) is 1.77. The number of rotatable bonds is 9. The van der Waals surface area contributed by atoms with Gasteiger partial charge in [0.05, 0.1) is 0 Å². The van der Waals surface area contributed by atoms with E-state index in [9.17, 15) is 0 Å². The lowest BCUT2D eigenvalue weighted by atomic mass is 10.1. The van der Waals surface area contributed by atoms with Crippen LogP contribution in [0.1, 0.15) is 19.3 Å². The fourth-order valence-corrected chi connectivity index (χ4v) is 5.23. The van der Waals surface area contributed by atoms with Crippen LogP contribution in [0, 0.1) is 0 Å². The third kappa shape index (κ3) is 6.85. The van der Waals surface area contributed by atoms with E-state index in [4.69, 9.17) is 34.7 Å². The van der Waals surface area contributed by atoms with Gasteiger partial charge in [-0.1, -0.05) is 0 Å². The normalized spacial score (nSPS) is 13.1. The molecule has 0 saturated carbocycles. The summed E-state index contributed by atoms with van der Waals surface area (Å²) in [4.78, 5) is 18.9. The second-order valence-electron chi connectivity index (χ2n) is 9.76. The number of hydrogen-bond donors (Lipinski definition) is 2. The number of aromatic nitrogens is 3. The van der Waals surface area contributed by atoms with E-state index in [1.807, 2.05) is 97.1 Å². The van der Waals surface area contributed by atoms with Crippen molar-refractivity contribution in [2.45, 2.75) is 29.1 Å². The molecule has 10 heteroatoms. The topological polar surface area (TPSA) is 112 Å². The molecule has 4 N–H and O–H groups in total. The Kier molecular flexibility index (Phi) is 8.86. The number of ether oxygens (including phenoxy) is 2. The molecule has 0 amide bonds. The smallest absolute Gasteiger partial charge is 0.229 e. The van der Waals surface area contributed by atoms with E-state index in [-0.39, 0.29) is 0 Å². The summed E-state index contributed by atoms with van der Waals surface area (Å²) in [7, 11) is 0. The van der Waals surface area contributed by atoms with Crippen molar-refractivity contribution in [3.05, 3.63) is 97.1 Å². The average Bonchev–Trinajstić information content (AvgIpc) is 3.06. The van der Waals surface area contributed by atoms with E-state index in [0.717, 1.165) is 69.8 Å². The van der Waals surface area contributed by atoms with Crippen LogP contribution >= 0.6 is 23.9 Å². The summed E-state index contributed by atoms with van der Waals surface area (Å²) in [6.07, 6.45) is 3.49. The van der Waals surface area contributed by atoms with Gasteiger partial charge in [0.15, 0.2) is 11.6 Å². The lowest BCUT2D eigenvalue weighted by Gasteiger charge is -2.27. The molecule has 0 atom stereocenters. The summed E-state index contributed by atoms with van der Waals surface area (Å²) in [5.74, 6) is 4.88. The molecule has 0 bridgehead atoms. The Morgan fingerprint density at radius 2 is 0.881 bits per heavy atom. The van der Waals surface area contributed by atoms with E-state index in [1.54, 1.807) is 0 Å². The van der Waals surface area contributed by atoms with Crippen molar-refractivity contribution in [1.82, 2.24) is 15.0 Å². The van der Waals surface area contributed by atoms with Crippen LogP contribution in [0.5, 0.6) is 23.0 Å². The van der Waals surface area contributed by atoms with Gasteiger partial charge in [-0.3, -0.25) is 10.3 Å². The number of piperidine rings is 1. The highest BCUT2D eigenvalue weighted by Crippen LogP contribution is 2.30. The van der Waals surface area contributed by atoms with Gasteiger partial charge >= 0.3 is 0 Å². The molecule has 5 aromatic rings. The first-order valence-electron chi connectivity index (χ1n) is 13.7. The van der Waals surface area contributed by atoms with Gasteiger partial charge in [0.2, 0.25) is 5.95 Å². The molecule has 8 nitrogen and oxygen atoms in total. The highest BCUT2D eigenvalue weighted by molar-refractivity contribution is 7.97. The number of benzene rings is 4. The first-order valence-corrected chi connectivity index (χ1v) is 15.4. The van der Waals surface area contributed by atoms with Gasteiger partial charge in [-0.05, 0) is 140 Å². The van der Waals surface area contributed by atoms with Gasteiger partial charge in [0.1, 0.15) is 23.0 Å². The molecule has 42 heavy (non-hydrogen) atoms. The monoisotopic (exact) mass is 594 g/mol. The Morgan fingerprint density at radius 3 is 1.26 bits per heavy atom. The van der Waals surface area contributed by atoms with Crippen LogP contribution in [0.15, 0.2) is 107 Å². The Hall–Kier alpha value is -4.09. The van der Waals surface area contributed by atoms with Crippen LogP contribution in [0.4, 0.5) is 5.95 Å². The van der Waals surface area contributed by atoms with Crippen molar-refractivity contribution in [1.29, 1.82) is 0 Å². The molecule has 0 spiro atoms. The molecule has 1 aliphatic rings. The number of nitrogens with zero attached hydrogens (tertiary/aromatic N) is 4. The third-order valence-corrected chi connectivity index (χ3v) is 7.97. The minimum atomic E-state index is 0.620.